The highest BCUT2D eigenvalue weighted by Crippen LogP contribution is 2.31. The van der Waals surface area contributed by atoms with E-state index in [0.717, 1.165) is 24.0 Å². The van der Waals surface area contributed by atoms with Crippen LogP contribution in [0.5, 0.6) is 0 Å². The molecule has 1 N–H and O–H groups in total. The first kappa shape index (κ1) is 31.1. The number of hydrogen-bond acceptors (Lipinski definition) is 2. The first-order valence-corrected chi connectivity index (χ1v) is 14.6. The molecular weight excluding hydrogens is 453 g/mol. The first-order valence-electron chi connectivity index (χ1n) is 13.2. The molecule has 0 aromatic heterocycles. The van der Waals surface area contributed by atoms with Crippen LogP contribution in [0.15, 0.2) is 53.4 Å². The molecule has 0 radical (unpaired) electrons. The fraction of sp³-hybridized carbons (Fsp3) is 0.586. The molecule has 3 nitrogen and oxygen atoms in total. The summed E-state index contributed by atoms with van der Waals surface area (Å²) in [6.45, 7) is 2.27. The highest BCUT2D eigenvalue weighted by molar-refractivity contribution is 7.86. The van der Waals surface area contributed by atoms with Crippen molar-refractivity contribution in [2.75, 3.05) is 0 Å². The maximum Gasteiger partial charge on any atom is 0.316 e. The number of aryl methyl sites for hydroxylation is 1. The van der Waals surface area contributed by atoms with E-state index in [2.05, 4.69) is 13.0 Å². The van der Waals surface area contributed by atoms with Crippen LogP contribution in [0.25, 0.3) is 11.1 Å². The third kappa shape index (κ3) is 12.2. The maximum atomic E-state index is 11.8. The molecule has 0 saturated heterocycles. The Bertz CT molecular complexity index is 896. The molecule has 0 aliphatic carbocycles. The third-order valence-corrected chi connectivity index (χ3v) is 7.43. The van der Waals surface area contributed by atoms with Crippen LogP contribution in [0.2, 0.25) is 0 Å². The molecule has 2 aromatic carbocycles. The summed E-state index contributed by atoms with van der Waals surface area (Å²) in [7, 11) is -4.25. The van der Waals surface area contributed by atoms with Crippen molar-refractivity contribution >= 4 is 33.2 Å². The van der Waals surface area contributed by atoms with Crippen LogP contribution >= 0.6 is 0 Å². The topological polar surface area (TPSA) is 54.4 Å². The zero-order valence-corrected chi connectivity index (χ0v) is 21.4. The molecule has 0 bridgehead atoms. The second-order valence-electron chi connectivity index (χ2n) is 9.33. The van der Waals surface area contributed by atoms with Gasteiger partial charge in [-0.1, -0.05) is 139 Å². The third-order valence-electron chi connectivity index (χ3n) is 6.52. The predicted molar refractivity (Wildman–Crippen MR) is 149 cm³/mol. The zero-order chi connectivity index (χ0) is 23.8. The average Bonchev–Trinajstić information content (AvgIpc) is 2.81. The minimum absolute atomic E-state index is 0. The summed E-state index contributed by atoms with van der Waals surface area (Å²) in [5.41, 5.74) is 2.62. The van der Waals surface area contributed by atoms with Gasteiger partial charge in [0.1, 0.15) is 4.90 Å². The minimum Gasteiger partial charge on any atom is -0.282 e. The highest BCUT2D eigenvalue weighted by Gasteiger charge is 2.17. The van der Waals surface area contributed by atoms with E-state index in [1.54, 1.807) is 12.1 Å². The highest BCUT2D eigenvalue weighted by atomic mass is 32.2. The summed E-state index contributed by atoms with van der Waals surface area (Å²) in [6, 6.07) is 14.6. The van der Waals surface area contributed by atoms with Gasteiger partial charge in [-0.05, 0) is 30.0 Å². The minimum atomic E-state index is -4.25. The summed E-state index contributed by atoms with van der Waals surface area (Å²) < 4.78 is 33.2. The van der Waals surface area contributed by atoms with Crippen molar-refractivity contribution in [1.29, 1.82) is 0 Å². The Morgan fingerprint density at radius 1 is 0.588 bits per heavy atom. The molecule has 0 aliphatic rings. The average molecular weight is 499 g/mol. The van der Waals surface area contributed by atoms with Crippen LogP contribution in [0.1, 0.15) is 109 Å². The van der Waals surface area contributed by atoms with E-state index in [9.17, 15) is 13.0 Å². The number of hydrogen-bond donors (Lipinski definition) is 1. The monoisotopic (exact) mass is 498 g/mol. The van der Waals surface area contributed by atoms with Gasteiger partial charge in [-0.15, -0.1) is 0 Å². The van der Waals surface area contributed by atoms with Crippen LogP contribution in [-0.4, -0.2) is 36.0 Å². The zero-order valence-electron chi connectivity index (χ0n) is 20.6. The summed E-state index contributed by atoms with van der Waals surface area (Å²) in [6.07, 6.45) is 21.1. The lowest BCUT2D eigenvalue weighted by atomic mass is 9.95. The summed E-state index contributed by atoms with van der Waals surface area (Å²) >= 11 is 0. The van der Waals surface area contributed by atoms with E-state index in [-0.39, 0.29) is 27.9 Å². The van der Waals surface area contributed by atoms with Crippen LogP contribution in [0, 0.1) is 0 Å². The van der Waals surface area contributed by atoms with Gasteiger partial charge in [0.05, 0.1) is 0 Å². The van der Waals surface area contributed by atoms with E-state index in [4.69, 9.17) is 0 Å². The predicted octanol–water partition coefficient (Wildman–Crippen LogP) is 8.10. The molecule has 5 heteroatoms. The molecule has 0 aliphatic heterocycles. The van der Waals surface area contributed by atoms with Gasteiger partial charge in [0.2, 0.25) is 0 Å². The maximum absolute atomic E-state index is 11.8. The number of benzene rings is 2. The molecule has 0 saturated carbocycles. The van der Waals surface area contributed by atoms with Gasteiger partial charge in [0.25, 0.3) is 10.1 Å². The van der Waals surface area contributed by atoms with Gasteiger partial charge in [-0.3, -0.25) is 4.55 Å². The van der Waals surface area contributed by atoms with Crippen molar-refractivity contribution in [3.63, 3.8) is 0 Å². The van der Waals surface area contributed by atoms with E-state index in [1.165, 1.54) is 96.0 Å². The standard InChI is InChI=1S/C29H44O3S.Mg.2H/c1-2-3-4-5-6-7-8-9-10-11-12-13-14-15-16-21-26-22-17-18-23-27(26)28-24-19-20-25-29(28)33(30,31)32;;;/h17-20,22-25H,2-16,21H2,1H3,(H,30,31,32);;;. The lowest BCUT2D eigenvalue weighted by Gasteiger charge is -2.12. The Labute approximate surface area is 225 Å². The van der Waals surface area contributed by atoms with Crippen LogP contribution in [0.3, 0.4) is 0 Å². The van der Waals surface area contributed by atoms with Gasteiger partial charge >= 0.3 is 23.1 Å². The SMILES string of the molecule is CCCCCCCCCCCCCCCCCc1ccccc1-c1ccccc1S(=O)(=O)O.[MgH2]. The molecule has 2 aromatic rings. The lowest BCUT2D eigenvalue weighted by molar-refractivity contribution is 0.483. The molecule has 0 atom stereocenters. The normalized spacial score (nSPS) is 11.4. The number of unbranched alkanes of at least 4 members (excludes halogenated alkanes) is 14. The van der Waals surface area contributed by atoms with Crippen LogP contribution < -0.4 is 0 Å². The van der Waals surface area contributed by atoms with Crippen LogP contribution in [0.4, 0.5) is 0 Å². The van der Waals surface area contributed by atoms with Gasteiger partial charge in [0.15, 0.2) is 0 Å². The fourth-order valence-electron chi connectivity index (χ4n) is 4.60. The van der Waals surface area contributed by atoms with Crippen molar-refractivity contribution in [2.24, 2.45) is 0 Å². The second kappa shape index (κ2) is 18.4. The van der Waals surface area contributed by atoms with Crippen LogP contribution in [-0.2, 0) is 16.5 Å². The van der Waals surface area contributed by atoms with Crippen molar-refractivity contribution < 1.29 is 13.0 Å². The fourth-order valence-corrected chi connectivity index (χ4v) is 5.31. The second-order valence-corrected chi connectivity index (χ2v) is 10.7. The Morgan fingerprint density at radius 2 is 1.00 bits per heavy atom. The molecular formula is C29H46MgO3S. The van der Waals surface area contributed by atoms with E-state index in [1.807, 2.05) is 24.3 Å². The quantitative estimate of drug-likeness (QED) is 0.128. The Balaban J connectivity index is 0.00000578. The Morgan fingerprint density at radius 3 is 1.50 bits per heavy atom. The smallest absolute Gasteiger partial charge is 0.282 e. The number of rotatable bonds is 18. The Kier molecular flexibility index (Phi) is 16.9. The Hall–Kier alpha value is -0.884. The van der Waals surface area contributed by atoms with E-state index in [0.29, 0.717) is 5.56 Å². The van der Waals surface area contributed by atoms with Gasteiger partial charge in [0, 0.05) is 5.56 Å². The largest absolute Gasteiger partial charge is 0.316 e. The lowest BCUT2D eigenvalue weighted by Crippen LogP contribution is -2.02. The molecule has 2 rings (SSSR count). The summed E-state index contributed by atoms with van der Waals surface area (Å²) in [5.74, 6) is 0. The molecule has 34 heavy (non-hydrogen) atoms. The van der Waals surface area contributed by atoms with Crippen molar-refractivity contribution in [1.82, 2.24) is 0 Å². The molecule has 0 heterocycles. The van der Waals surface area contributed by atoms with Crippen molar-refractivity contribution in [3.8, 4) is 11.1 Å². The first-order chi connectivity index (χ1) is 16.0. The molecule has 0 unspecified atom stereocenters. The summed E-state index contributed by atoms with van der Waals surface area (Å²) in [4.78, 5) is -0.0195. The van der Waals surface area contributed by atoms with Gasteiger partial charge in [-0.2, -0.15) is 8.42 Å². The molecule has 0 spiro atoms. The van der Waals surface area contributed by atoms with E-state index < -0.39 is 10.1 Å². The van der Waals surface area contributed by atoms with Gasteiger partial charge in [-0.25, -0.2) is 0 Å². The molecule has 0 amide bonds. The van der Waals surface area contributed by atoms with E-state index >= 15 is 0 Å². The molecule has 188 valence electrons. The van der Waals surface area contributed by atoms with Crippen molar-refractivity contribution in [3.05, 3.63) is 54.1 Å². The molecule has 0 fully saturated rings. The van der Waals surface area contributed by atoms with Crippen molar-refractivity contribution in [2.45, 2.75) is 115 Å². The van der Waals surface area contributed by atoms with Gasteiger partial charge < -0.3 is 0 Å². The summed E-state index contributed by atoms with van der Waals surface area (Å²) in [5, 5.41) is 0.